The van der Waals surface area contributed by atoms with Crippen LogP contribution in [0.4, 0.5) is 0 Å². The van der Waals surface area contributed by atoms with Gasteiger partial charge in [-0.1, -0.05) is 56.7 Å². The molecule has 0 bridgehead atoms. The average Bonchev–Trinajstić information content (AvgIpc) is 3.03. The van der Waals surface area contributed by atoms with Crippen molar-refractivity contribution in [1.82, 2.24) is 10.1 Å². The highest BCUT2D eigenvalue weighted by Crippen LogP contribution is 2.25. The fourth-order valence-electron chi connectivity index (χ4n) is 2.49. The molecule has 0 spiro atoms. The number of aromatic nitrogens is 2. The zero-order valence-corrected chi connectivity index (χ0v) is 14.2. The van der Waals surface area contributed by atoms with E-state index in [9.17, 15) is 10.2 Å². The highest BCUT2D eigenvalue weighted by molar-refractivity contribution is 5.67. The molecule has 0 saturated carbocycles. The zero-order valence-electron chi connectivity index (χ0n) is 14.2. The van der Waals surface area contributed by atoms with Crippen LogP contribution < -0.4 is 0 Å². The van der Waals surface area contributed by atoms with Crippen molar-refractivity contribution >= 4 is 12.2 Å². The van der Waals surface area contributed by atoms with Crippen molar-refractivity contribution in [2.24, 2.45) is 0 Å². The number of aromatic hydroxyl groups is 2. The minimum absolute atomic E-state index is 0.137. The minimum Gasteiger partial charge on any atom is -0.504 e. The molecule has 0 aliphatic carbocycles. The molecule has 24 heavy (non-hydrogen) atoms. The van der Waals surface area contributed by atoms with Gasteiger partial charge in [0.15, 0.2) is 17.3 Å². The maximum atomic E-state index is 9.45. The predicted molar refractivity (Wildman–Crippen MR) is 94.7 cm³/mol. The van der Waals surface area contributed by atoms with Gasteiger partial charge >= 0.3 is 0 Å². The van der Waals surface area contributed by atoms with Crippen molar-refractivity contribution in [2.45, 2.75) is 58.3 Å². The summed E-state index contributed by atoms with van der Waals surface area (Å²) < 4.78 is 5.19. The number of benzene rings is 1. The Labute approximate surface area is 143 Å². The van der Waals surface area contributed by atoms with Crippen molar-refractivity contribution in [2.75, 3.05) is 0 Å². The van der Waals surface area contributed by atoms with Gasteiger partial charge in [0.1, 0.15) is 0 Å². The normalized spacial score (nSPS) is 11.4. The molecule has 0 fully saturated rings. The summed E-state index contributed by atoms with van der Waals surface area (Å²) in [6.07, 6.45) is 13.1. The molecule has 0 unspecified atom stereocenters. The van der Waals surface area contributed by atoms with Gasteiger partial charge in [-0.2, -0.15) is 4.98 Å². The summed E-state index contributed by atoms with van der Waals surface area (Å²) in [5.41, 5.74) is 0.747. The van der Waals surface area contributed by atoms with Gasteiger partial charge in [0.25, 0.3) is 5.89 Å². The maximum absolute atomic E-state index is 9.45. The van der Waals surface area contributed by atoms with Crippen LogP contribution in [0.5, 0.6) is 11.5 Å². The summed E-state index contributed by atoms with van der Waals surface area (Å²) >= 11 is 0. The molecule has 0 atom stereocenters. The van der Waals surface area contributed by atoms with E-state index in [1.54, 1.807) is 18.2 Å². The molecular weight excluding hydrogens is 304 g/mol. The second kappa shape index (κ2) is 9.75. The molecule has 0 radical (unpaired) electrons. The molecule has 130 valence electrons. The highest BCUT2D eigenvalue weighted by atomic mass is 16.5. The van der Waals surface area contributed by atoms with Crippen LogP contribution in [0.1, 0.15) is 69.1 Å². The molecule has 2 rings (SSSR count). The summed E-state index contributed by atoms with van der Waals surface area (Å²) in [5, 5.41) is 22.7. The molecule has 2 N–H and O–H groups in total. The lowest BCUT2D eigenvalue weighted by atomic mass is 10.1. The van der Waals surface area contributed by atoms with Crippen molar-refractivity contribution < 1.29 is 14.7 Å². The Hall–Kier alpha value is -2.30. The first-order valence-electron chi connectivity index (χ1n) is 8.71. The summed E-state index contributed by atoms with van der Waals surface area (Å²) in [6, 6.07) is 4.61. The van der Waals surface area contributed by atoms with Gasteiger partial charge in [-0.3, -0.25) is 0 Å². The fraction of sp³-hybridized carbons (Fsp3) is 0.474. The van der Waals surface area contributed by atoms with Crippen LogP contribution in [0.25, 0.3) is 12.2 Å². The third-order valence-electron chi connectivity index (χ3n) is 3.91. The van der Waals surface area contributed by atoms with E-state index in [-0.39, 0.29) is 11.5 Å². The van der Waals surface area contributed by atoms with Gasteiger partial charge in [-0.15, -0.1) is 0 Å². The number of rotatable bonds is 10. The molecule has 0 amide bonds. The van der Waals surface area contributed by atoms with Crippen molar-refractivity contribution in [3.8, 4) is 11.5 Å². The fourth-order valence-corrected chi connectivity index (χ4v) is 2.49. The summed E-state index contributed by atoms with van der Waals surface area (Å²) in [6.45, 7) is 2.23. The van der Waals surface area contributed by atoms with E-state index in [2.05, 4.69) is 17.1 Å². The third-order valence-corrected chi connectivity index (χ3v) is 3.91. The van der Waals surface area contributed by atoms with Gasteiger partial charge in [-0.05, 0) is 30.2 Å². The third kappa shape index (κ3) is 6.07. The van der Waals surface area contributed by atoms with E-state index >= 15 is 0 Å². The molecule has 2 aromatic rings. The highest BCUT2D eigenvalue weighted by Gasteiger charge is 2.04. The van der Waals surface area contributed by atoms with Gasteiger partial charge in [0.2, 0.25) is 0 Å². The Morgan fingerprint density at radius 1 is 0.958 bits per heavy atom. The standard InChI is InChI=1S/C19H26N2O3/c1-2-3-4-5-6-7-8-9-18-20-19(24-21-18)13-11-15-10-12-16(22)17(23)14-15/h10-14,22-23H,2-9H2,1H3. The van der Waals surface area contributed by atoms with Gasteiger partial charge in [0, 0.05) is 12.5 Å². The topological polar surface area (TPSA) is 79.4 Å². The summed E-state index contributed by atoms with van der Waals surface area (Å²) in [5.74, 6) is 0.890. The lowest BCUT2D eigenvalue weighted by molar-refractivity contribution is 0.402. The molecule has 1 aromatic heterocycles. The van der Waals surface area contributed by atoms with E-state index < -0.39 is 0 Å². The number of hydrogen-bond acceptors (Lipinski definition) is 5. The quantitative estimate of drug-likeness (QED) is 0.476. The largest absolute Gasteiger partial charge is 0.504 e. The molecule has 5 heteroatoms. The van der Waals surface area contributed by atoms with Gasteiger partial charge in [0.05, 0.1) is 0 Å². The summed E-state index contributed by atoms with van der Waals surface area (Å²) in [4.78, 5) is 4.34. The minimum atomic E-state index is -0.151. The Morgan fingerprint density at radius 3 is 2.46 bits per heavy atom. The van der Waals surface area contributed by atoms with Crippen LogP contribution >= 0.6 is 0 Å². The predicted octanol–water partition coefficient (Wildman–Crippen LogP) is 4.94. The number of hydrogen-bond donors (Lipinski definition) is 2. The number of phenolic OH excluding ortho intramolecular Hbond substituents is 2. The van der Waals surface area contributed by atoms with Crippen LogP contribution in [0.15, 0.2) is 22.7 Å². The van der Waals surface area contributed by atoms with E-state index in [0.29, 0.717) is 5.89 Å². The van der Waals surface area contributed by atoms with Crippen LogP contribution in [0.2, 0.25) is 0 Å². The molecule has 1 heterocycles. The summed E-state index contributed by atoms with van der Waals surface area (Å²) in [7, 11) is 0. The van der Waals surface area contributed by atoms with Crippen LogP contribution in [0.3, 0.4) is 0 Å². The maximum Gasteiger partial charge on any atom is 0.250 e. The Morgan fingerprint density at radius 2 is 1.71 bits per heavy atom. The molecule has 0 aliphatic rings. The van der Waals surface area contributed by atoms with E-state index in [1.807, 2.05) is 0 Å². The zero-order chi connectivity index (χ0) is 17.2. The molecular formula is C19H26N2O3. The number of phenols is 2. The first kappa shape index (κ1) is 18.0. The van der Waals surface area contributed by atoms with Crippen LogP contribution in [0, 0.1) is 0 Å². The van der Waals surface area contributed by atoms with Gasteiger partial charge < -0.3 is 14.7 Å². The lowest BCUT2D eigenvalue weighted by Gasteiger charge is -1.98. The van der Waals surface area contributed by atoms with E-state index in [1.165, 1.54) is 50.7 Å². The van der Waals surface area contributed by atoms with Crippen LogP contribution in [-0.2, 0) is 6.42 Å². The van der Waals surface area contributed by atoms with E-state index in [4.69, 9.17) is 4.52 Å². The first-order chi connectivity index (χ1) is 11.7. The molecule has 0 saturated heterocycles. The first-order valence-corrected chi connectivity index (χ1v) is 8.71. The SMILES string of the molecule is CCCCCCCCCc1noc(C=Cc2ccc(O)c(O)c2)n1. The molecule has 5 nitrogen and oxygen atoms in total. The van der Waals surface area contributed by atoms with Crippen LogP contribution in [-0.4, -0.2) is 20.4 Å². The second-order valence-electron chi connectivity index (χ2n) is 6.00. The van der Waals surface area contributed by atoms with Crippen molar-refractivity contribution in [3.05, 3.63) is 35.5 Å². The molecule has 1 aromatic carbocycles. The number of nitrogens with zero attached hydrogens (tertiary/aromatic N) is 2. The van der Waals surface area contributed by atoms with Crippen molar-refractivity contribution in [3.63, 3.8) is 0 Å². The Bertz CT molecular complexity index is 650. The average molecular weight is 330 g/mol. The Balaban J connectivity index is 1.74. The smallest absolute Gasteiger partial charge is 0.250 e. The number of aryl methyl sites for hydroxylation is 1. The Kier molecular flexibility index (Phi) is 7.33. The lowest BCUT2D eigenvalue weighted by Crippen LogP contribution is -1.89. The monoisotopic (exact) mass is 330 g/mol. The molecule has 0 aliphatic heterocycles. The second-order valence-corrected chi connectivity index (χ2v) is 6.00. The van der Waals surface area contributed by atoms with Gasteiger partial charge in [-0.25, -0.2) is 0 Å². The van der Waals surface area contributed by atoms with E-state index in [0.717, 1.165) is 24.2 Å². The number of unbranched alkanes of at least 4 members (excludes halogenated alkanes) is 6. The van der Waals surface area contributed by atoms with Crippen molar-refractivity contribution in [1.29, 1.82) is 0 Å².